The molecule has 0 amide bonds. The zero-order valence-electron chi connectivity index (χ0n) is 9.54. The summed E-state index contributed by atoms with van der Waals surface area (Å²) in [5, 5.41) is 0. The maximum atomic E-state index is 5.78. The van der Waals surface area contributed by atoms with E-state index in [1.165, 1.54) is 18.5 Å². The van der Waals surface area contributed by atoms with Gasteiger partial charge in [-0.1, -0.05) is 13.8 Å². The van der Waals surface area contributed by atoms with Crippen molar-refractivity contribution in [3.63, 3.8) is 0 Å². The number of hydrogen-bond donors (Lipinski definition) is 0. The first-order valence-corrected chi connectivity index (χ1v) is 6.11. The molecule has 0 aliphatic rings. The molecule has 1 aromatic rings. The molecule has 0 aromatic carbocycles. The van der Waals surface area contributed by atoms with Crippen molar-refractivity contribution < 1.29 is 0 Å². The van der Waals surface area contributed by atoms with Crippen LogP contribution in [0.15, 0.2) is 18.3 Å². The van der Waals surface area contributed by atoms with Crippen molar-refractivity contribution in [2.45, 2.75) is 32.6 Å². The van der Waals surface area contributed by atoms with Gasteiger partial charge in [-0.25, -0.2) is 0 Å². The summed E-state index contributed by atoms with van der Waals surface area (Å²) in [6.45, 7) is 6.60. The normalized spacial score (nSPS) is 10.3. The summed E-state index contributed by atoms with van der Waals surface area (Å²) in [4.78, 5) is 6.59. The van der Waals surface area contributed by atoms with Crippen molar-refractivity contribution >= 4 is 17.3 Å². The second-order valence-corrected chi connectivity index (χ2v) is 3.89. The van der Waals surface area contributed by atoms with Crippen molar-refractivity contribution in [2.75, 3.05) is 18.0 Å². The maximum absolute atomic E-state index is 5.78. The summed E-state index contributed by atoms with van der Waals surface area (Å²) in [6, 6.07) is 4.14. The Bertz CT molecular complexity index is 283. The van der Waals surface area contributed by atoms with E-state index in [0.717, 1.165) is 18.8 Å². The van der Waals surface area contributed by atoms with Crippen LogP contribution in [0, 0.1) is 0 Å². The molecule has 0 bridgehead atoms. The summed E-state index contributed by atoms with van der Waals surface area (Å²) in [5.41, 5.74) is 2.19. The number of hydrogen-bond acceptors (Lipinski definition) is 2. The average molecular weight is 227 g/mol. The van der Waals surface area contributed by atoms with Crippen LogP contribution in [0.3, 0.4) is 0 Å². The summed E-state index contributed by atoms with van der Waals surface area (Å²) >= 11 is 5.78. The van der Waals surface area contributed by atoms with E-state index < -0.39 is 0 Å². The van der Waals surface area contributed by atoms with Gasteiger partial charge in [-0.3, -0.25) is 4.98 Å². The first-order valence-electron chi connectivity index (χ1n) is 5.57. The number of anilines is 1. The third-order valence-electron chi connectivity index (χ3n) is 2.29. The topological polar surface area (TPSA) is 16.1 Å². The van der Waals surface area contributed by atoms with Crippen molar-refractivity contribution in [3.05, 3.63) is 24.0 Å². The molecule has 0 saturated carbocycles. The lowest BCUT2D eigenvalue weighted by atomic mass is 10.2. The van der Waals surface area contributed by atoms with Crippen LogP contribution < -0.4 is 4.90 Å². The lowest BCUT2D eigenvalue weighted by Crippen LogP contribution is -2.24. The molecule has 0 aliphatic heterocycles. The van der Waals surface area contributed by atoms with Crippen molar-refractivity contribution in [1.82, 2.24) is 4.98 Å². The average Bonchev–Trinajstić information content (AvgIpc) is 2.29. The largest absolute Gasteiger partial charge is 0.371 e. The zero-order valence-corrected chi connectivity index (χ0v) is 10.3. The Labute approximate surface area is 97.3 Å². The molecule has 3 heteroatoms. The zero-order chi connectivity index (χ0) is 11.1. The number of pyridine rings is 1. The van der Waals surface area contributed by atoms with Gasteiger partial charge in [0.1, 0.15) is 0 Å². The quantitative estimate of drug-likeness (QED) is 0.691. The highest BCUT2D eigenvalue weighted by molar-refractivity contribution is 6.16. The number of halogens is 1. The molecule has 84 valence electrons. The van der Waals surface area contributed by atoms with Crippen LogP contribution in [0.4, 0.5) is 5.69 Å². The van der Waals surface area contributed by atoms with Crippen LogP contribution in [0.5, 0.6) is 0 Å². The van der Waals surface area contributed by atoms with Crippen molar-refractivity contribution in [2.24, 2.45) is 0 Å². The van der Waals surface area contributed by atoms with Gasteiger partial charge in [0.15, 0.2) is 0 Å². The summed E-state index contributed by atoms with van der Waals surface area (Å²) in [6.07, 6.45) is 4.17. The van der Waals surface area contributed by atoms with Gasteiger partial charge in [-0.2, -0.15) is 0 Å². The van der Waals surface area contributed by atoms with Crippen LogP contribution >= 0.6 is 11.6 Å². The fourth-order valence-corrected chi connectivity index (χ4v) is 1.79. The van der Waals surface area contributed by atoms with E-state index in [0.29, 0.717) is 5.88 Å². The predicted octanol–water partition coefficient (Wildman–Crippen LogP) is 3.45. The molecule has 1 rings (SSSR count). The molecule has 1 aromatic heterocycles. The van der Waals surface area contributed by atoms with Crippen LogP contribution in [0.25, 0.3) is 0 Å². The highest BCUT2D eigenvalue weighted by atomic mass is 35.5. The molecule has 2 nitrogen and oxygen atoms in total. The highest BCUT2D eigenvalue weighted by Crippen LogP contribution is 2.16. The monoisotopic (exact) mass is 226 g/mol. The SMILES string of the molecule is CCCN(CCC)c1ccnc(CCl)c1. The minimum atomic E-state index is 0.486. The van der Waals surface area contributed by atoms with Crippen molar-refractivity contribution in [1.29, 1.82) is 0 Å². The van der Waals surface area contributed by atoms with E-state index >= 15 is 0 Å². The van der Waals surface area contributed by atoms with Crippen LogP contribution in [-0.2, 0) is 5.88 Å². The molecule has 0 spiro atoms. The van der Waals surface area contributed by atoms with Gasteiger partial charge < -0.3 is 4.90 Å². The number of aromatic nitrogens is 1. The Morgan fingerprint density at radius 3 is 2.47 bits per heavy atom. The highest BCUT2D eigenvalue weighted by Gasteiger charge is 2.04. The Morgan fingerprint density at radius 2 is 1.93 bits per heavy atom. The van der Waals surface area contributed by atoms with E-state index in [2.05, 4.69) is 35.9 Å². The van der Waals surface area contributed by atoms with Gasteiger partial charge in [0, 0.05) is 25.0 Å². The van der Waals surface area contributed by atoms with Crippen LogP contribution in [0.2, 0.25) is 0 Å². The van der Waals surface area contributed by atoms with Gasteiger partial charge in [0.2, 0.25) is 0 Å². The van der Waals surface area contributed by atoms with Crippen molar-refractivity contribution in [3.8, 4) is 0 Å². The molecule has 0 N–H and O–H groups in total. The second-order valence-electron chi connectivity index (χ2n) is 3.63. The first-order chi connectivity index (χ1) is 7.31. The maximum Gasteiger partial charge on any atom is 0.0648 e. The Kier molecular flexibility index (Phi) is 5.48. The van der Waals surface area contributed by atoms with E-state index in [4.69, 9.17) is 11.6 Å². The lowest BCUT2D eigenvalue weighted by Gasteiger charge is -2.23. The number of rotatable bonds is 6. The molecule has 0 fully saturated rings. The third-order valence-corrected chi connectivity index (χ3v) is 2.56. The standard InChI is InChI=1S/C12H19ClN2/c1-3-7-15(8-4-2)12-5-6-14-11(9-12)10-13/h5-6,9H,3-4,7-8,10H2,1-2H3. The van der Waals surface area contributed by atoms with E-state index in [9.17, 15) is 0 Å². The molecule has 0 saturated heterocycles. The van der Waals surface area contributed by atoms with Gasteiger partial charge in [-0.05, 0) is 25.0 Å². The summed E-state index contributed by atoms with van der Waals surface area (Å²) in [5.74, 6) is 0.486. The van der Waals surface area contributed by atoms with Crippen LogP contribution in [-0.4, -0.2) is 18.1 Å². The molecule has 0 radical (unpaired) electrons. The second kappa shape index (κ2) is 6.67. The summed E-state index contributed by atoms with van der Waals surface area (Å²) < 4.78 is 0. The molecular weight excluding hydrogens is 208 g/mol. The van der Waals surface area contributed by atoms with Crippen LogP contribution in [0.1, 0.15) is 32.4 Å². The minimum absolute atomic E-state index is 0.486. The molecule has 15 heavy (non-hydrogen) atoms. The predicted molar refractivity (Wildman–Crippen MR) is 66.6 cm³/mol. The smallest absolute Gasteiger partial charge is 0.0648 e. The summed E-state index contributed by atoms with van der Waals surface area (Å²) in [7, 11) is 0. The Hall–Kier alpha value is -0.760. The first kappa shape index (κ1) is 12.3. The van der Waals surface area contributed by atoms with E-state index in [1.807, 2.05) is 6.20 Å². The molecule has 0 atom stereocenters. The van der Waals surface area contributed by atoms with Gasteiger partial charge in [0.05, 0.1) is 11.6 Å². The molecule has 0 aliphatic carbocycles. The number of alkyl halides is 1. The van der Waals surface area contributed by atoms with Gasteiger partial charge >= 0.3 is 0 Å². The van der Waals surface area contributed by atoms with Gasteiger partial charge in [-0.15, -0.1) is 11.6 Å². The molecule has 1 heterocycles. The minimum Gasteiger partial charge on any atom is -0.371 e. The van der Waals surface area contributed by atoms with E-state index in [1.54, 1.807) is 0 Å². The fraction of sp³-hybridized carbons (Fsp3) is 0.583. The number of nitrogens with zero attached hydrogens (tertiary/aromatic N) is 2. The van der Waals surface area contributed by atoms with E-state index in [-0.39, 0.29) is 0 Å². The Morgan fingerprint density at radius 1 is 1.27 bits per heavy atom. The third kappa shape index (κ3) is 3.71. The Balaban J connectivity index is 2.79. The fourth-order valence-electron chi connectivity index (χ4n) is 1.65. The lowest BCUT2D eigenvalue weighted by molar-refractivity contribution is 0.743. The molecular formula is C12H19ClN2. The van der Waals surface area contributed by atoms with Gasteiger partial charge in [0.25, 0.3) is 0 Å². The molecule has 0 unspecified atom stereocenters.